The molecular formula is C13H24ClN3. The number of halogens is 1. The van der Waals surface area contributed by atoms with Crippen molar-refractivity contribution in [3.63, 3.8) is 0 Å². The number of nitrogens with zero attached hydrogens (tertiary/aromatic N) is 1. The summed E-state index contributed by atoms with van der Waals surface area (Å²) in [5, 5.41) is 3.51. The van der Waals surface area contributed by atoms with Crippen LogP contribution in [0.3, 0.4) is 0 Å². The predicted octanol–water partition coefficient (Wildman–Crippen LogP) is 2.27. The lowest BCUT2D eigenvalue weighted by Crippen LogP contribution is -2.52. The number of hydrogen-bond acceptors (Lipinski definition) is 3. The summed E-state index contributed by atoms with van der Waals surface area (Å²) in [4.78, 5) is 4.37. The molecule has 1 heterocycles. The molecule has 98 valence electrons. The fourth-order valence-corrected chi connectivity index (χ4v) is 1.50. The van der Waals surface area contributed by atoms with E-state index in [9.17, 15) is 0 Å². The van der Waals surface area contributed by atoms with Crippen molar-refractivity contribution in [3.8, 4) is 0 Å². The number of nitrogens with two attached hydrogens (primary N) is 1. The minimum atomic E-state index is -0.0238. The van der Waals surface area contributed by atoms with Gasteiger partial charge in [-0.15, -0.1) is 12.4 Å². The Morgan fingerprint density at radius 3 is 2.59 bits per heavy atom. The van der Waals surface area contributed by atoms with E-state index >= 15 is 0 Å². The van der Waals surface area contributed by atoms with Gasteiger partial charge in [0.25, 0.3) is 0 Å². The molecule has 0 aromatic carbocycles. The molecule has 0 aliphatic rings. The van der Waals surface area contributed by atoms with Gasteiger partial charge in [-0.25, -0.2) is 0 Å². The number of hydrogen-bond donors (Lipinski definition) is 2. The van der Waals surface area contributed by atoms with Gasteiger partial charge in [0.15, 0.2) is 0 Å². The average Bonchev–Trinajstić information content (AvgIpc) is 2.27. The van der Waals surface area contributed by atoms with Gasteiger partial charge in [0, 0.05) is 24.8 Å². The molecule has 0 saturated heterocycles. The zero-order valence-corrected chi connectivity index (χ0v) is 12.0. The largest absolute Gasteiger partial charge is 0.329 e. The van der Waals surface area contributed by atoms with E-state index in [4.69, 9.17) is 5.73 Å². The molecule has 3 nitrogen and oxygen atoms in total. The summed E-state index contributed by atoms with van der Waals surface area (Å²) in [6, 6.07) is 4.04. The van der Waals surface area contributed by atoms with E-state index < -0.39 is 0 Å². The van der Waals surface area contributed by atoms with Crippen molar-refractivity contribution in [2.24, 2.45) is 11.7 Å². The topological polar surface area (TPSA) is 50.9 Å². The third kappa shape index (κ3) is 4.26. The summed E-state index contributed by atoms with van der Waals surface area (Å²) in [5.41, 5.74) is 8.12. The van der Waals surface area contributed by atoms with Crippen molar-refractivity contribution in [2.45, 2.75) is 39.8 Å². The van der Waals surface area contributed by atoms with Crippen LogP contribution in [0.2, 0.25) is 0 Å². The Morgan fingerprint density at radius 1 is 1.47 bits per heavy atom. The van der Waals surface area contributed by atoms with Crippen molar-refractivity contribution in [2.75, 3.05) is 6.54 Å². The second kappa shape index (κ2) is 6.94. The zero-order chi connectivity index (χ0) is 12.2. The monoisotopic (exact) mass is 257 g/mol. The average molecular weight is 258 g/mol. The van der Waals surface area contributed by atoms with Gasteiger partial charge in [0.05, 0.1) is 5.69 Å². The highest BCUT2D eigenvalue weighted by atomic mass is 35.5. The minimum Gasteiger partial charge on any atom is -0.329 e. The van der Waals surface area contributed by atoms with Gasteiger partial charge in [0.2, 0.25) is 0 Å². The first-order valence-corrected chi connectivity index (χ1v) is 5.85. The van der Waals surface area contributed by atoms with Gasteiger partial charge in [-0.3, -0.25) is 4.98 Å². The van der Waals surface area contributed by atoms with Crippen LogP contribution in [0.5, 0.6) is 0 Å². The third-order valence-electron chi connectivity index (χ3n) is 3.48. The van der Waals surface area contributed by atoms with Crippen LogP contribution in [-0.2, 0) is 6.54 Å². The fourth-order valence-electron chi connectivity index (χ4n) is 1.50. The van der Waals surface area contributed by atoms with Crippen LogP contribution in [0.25, 0.3) is 0 Å². The Labute approximate surface area is 111 Å². The van der Waals surface area contributed by atoms with E-state index in [1.165, 1.54) is 5.56 Å². The van der Waals surface area contributed by atoms with Crippen molar-refractivity contribution >= 4 is 12.4 Å². The molecule has 0 spiro atoms. The van der Waals surface area contributed by atoms with Crippen LogP contribution in [0.1, 0.15) is 32.0 Å². The Kier molecular flexibility index (Phi) is 6.68. The molecule has 0 radical (unpaired) electrons. The second-order valence-electron chi connectivity index (χ2n) is 4.90. The first-order chi connectivity index (χ1) is 7.49. The first-order valence-electron chi connectivity index (χ1n) is 5.85. The van der Waals surface area contributed by atoms with Crippen LogP contribution in [0.15, 0.2) is 18.3 Å². The quantitative estimate of drug-likeness (QED) is 0.851. The smallest absolute Gasteiger partial charge is 0.0570 e. The standard InChI is InChI=1S/C13H23N3.ClH/c1-10(2)13(4,9-14)16-8-12-11(3)6-5-7-15-12;/h5-7,10,16H,8-9,14H2,1-4H3;1H. The lowest BCUT2D eigenvalue weighted by molar-refractivity contribution is 0.266. The van der Waals surface area contributed by atoms with Crippen LogP contribution in [-0.4, -0.2) is 17.1 Å². The molecule has 0 amide bonds. The van der Waals surface area contributed by atoms with Gasteiger partial charge in [-0.2, -0.15) is 0 Å². The summed E-state index contributed by atoms with van der Waals surface area (Å²) in [5.74, 6) is 0.501. The summed E-state index contributed by atoms with van der Waals surface area (Å²) < 4.78 is 0. The van der Waals surface area contributed by atoms with Crippen molar-refractivity contribution in [3.05, 3.63) is 29.6 Å². The molecule has 1 rings (SSSR count). The molecule has 0 aliphatic carbocycles. The van der Waals surface area contributed by atoms with E-state index in [1.54, 1.807) is 0 Å². The first kappa shape index (κ1) is 16.4. The Balaban J connectivity index is 0.00000256. The van der Waals surface area contributed by atoms with Crippen LogP contribution in [0.4, 0.5) is 0 Å². The highest BCUT2D eigenvalue weighted by Crippen LogP contribution is 2.15. The lowest BCUT2D eigenvalue weighted by atomic mass is 9.88. The SMILES string of the molecule is Cc1cccnc1CNC(C)(CN)C(C)C.Cl. The van der Waals surface area contributed by atoms with E-state index in [2.05, 4.69) is 44.1 Å². The van der Waals surface area contributed by atoms with E-state index in [0.29, 0.717) is 12.5 Å². The van der Waals surface area contributed by atoms with Gasteiger partial charge >= 0.3 is 0 Å². The second-order valence-corrected chi connectivity index (χ2v) is 4.90. The van der Waals surface area contributed by atoms with Crippen LogP contribution >= 0.6 is 12.4 Å². The Bertz CT molecular complexity index is 341. The highest BCUT2D eigenvalue weighted by Gasteiger charge is 2.25. The molecule has 0 fully saturated rings. The molecule has 0 bridgehead atoms. The summed E-state index contributed by atoms with van der Waals surface area (Å²) in [7, 11) is 0. The molecule has 0 saturated carbocycles. The summed E-state index contributed by atoms with van der Waals surface area (Å²) in [6.07, 6.45) is 1.83. The maximum atomic E-state index is 5.83. The fraction of sp³-hybridized carbons (Fsp3) is 0.615. The number of aryl methyl sites for hydroxylation is 1. The molecular weight excluding hydrogens is 234 g/mol. The number of nitrogens with one attached hydrogen (secondary N) is 1. The minimum absolute atomic E-state index is 0. The van der Waals surface area contributed by atoms with Crippen molar-refractivity contribution < 1.29 is 0 Å². The molecule has 4 heteroatoms. The molecule has 17 heavy (non-hydrogen) atoms. The maximum Gasteiger partial charge on any atom is 0.0570 e. The van der Waals surface area contributed by atoms with Crippen LogP contribution in [0, 0.1) is 12.8 Å². The van der Waals surface area contributed by atoms with Gasteiger partial charge in [0.1, 0.15) is 0 Å². The van der Waals surface area contributed by atoms with Gasteiger partial charge < -0.3 is 11.1 Å². The van der Waals surface area contributed by atoms with E-state index in [-0.39, 0.29) is 17.9 Å². The van der Waals surface area contributed by atoms with Crippen molar-refractivity contribution in [1.82, 2.24) is 10.3 Å². The van der Waals surface area contributed by atoms with Gasteiger partial charge in [-0.1, -0.05) is 19.9 Å². The number of rotatable bonds is 5. The maximum absolute atomic E-state index is 5.83. The van der Waals surface area contributed by atoms with Crippen molar-refractivity contribution in [1.29, 1.82) is 0 Å². The molecule has 1 aromatic heterocycles. The molecule has 0 aliphatic heterocycles. The summed E-state index contributed by atoms with van der Waals surface area (Å²) in [6.45, 7) is 10.0. The third-order valence-corrected chi connectivity index (χ3v) is 3.48. The number of pyridine rings is 1. The highest BCUT2D eigenvalue weighted by molar-refractivity contribution is 5.85. The van der Waals surface area contributed by atoms with E-state index in [1.807, 2.05) is 12.3 Å². The Morgan fingerprint density at radius 2 is 2.12 bits per heavy atom. The Hall–Kier alpha value is -0.640. The zero-order valence-electron chi connectivity index (χ0n) is 11.2. The molecule has 1 aromatic rings. The van der Waals surface area contributed by atoms with Gasteiger partial charge in [-0.05, 0) is 31.4 Å². The predicted molar refractivity (Wildman–Crippen MR) is 75.4 cm³/mol. The molecule has 1 atom stereocenters. The summed E-state index contributed by atoms with van der Waals surface area (Å²) >= 11 is 0. The molecule has 3 N–H and O–H groups in total. The number of aromatic nitrogens is 1. The van der Waals surface area contributed by atoms with Crippen LogP contribution < -0.4 is 11.1 Å². The molecule has 1 unspecified atom stereocenters. The lowest BCUT2D eigenvalue weighted by Gasteiger charge is -2.33. The van der Waals surface area contributed by atoms with E-state index in [0.717, 1.165) is 12.2 Å². The normalized spacial score (nSPS) is 14.2.